The van der Waals surface area contributed by atoms with E-state index in [-0.39, 0.29) is 17.2 Å². The number of halogens is 2. The quantitative estimate of drug-likeness (QED) is 0.291. The van der Waals surface area contributed by atoms with E-state index in [1.807, 2.05) is 12.1 Å². The van der Waals surface area contributed by atoms with Gasteiger partial charge in [-0.2, -0.15) is 10.1 Å². The van der Waals surface area contributed by atoms with Crippen molar-refractivity contribution in [1.29, 1.82) is 0 Å². The van der Waals surface area contributed by atoms with E-state index >= 15 is 0 Å². The number of primary amides is 1. The first-order valence-electron chi connectivity index (χ1n) is 12.9. The zero-order chi connectivity index (χ0) is 27.1. The number of aryl methyl sites for hydroxylation is 1. The molecule has 1 aliphatic heterocycles. The van der Waals surface area contributed by atoms with E-state index in [1.165, 1.54) is 11.1 Å². The van der Waals surface area contributed by atoms with Gasteiger partial charge in [-0.1, -0.05) is 53.5 Å². The van der Waals surface area contributed by atoms with E-state index in [4.69, 9.17) is 39.7 Å². The van der Waals surface area contributed by atoms with Gasteiger partial charge in [0.2, 0.25) is 5.95 Å². The van der Waals surface area contributed by atoms with Crippen molar-refractivity contribution in [3.63, 3.8) is 0 Å². The summed E-state index contributed by atoms with van der Waals surface area (Å²) in [4.78, 5) is 27.5. The Morgan fingerprint density at radius 2 is 1.85 bits per heavy atom. The highest BCUT2D eigenvalue weighted by Gasteiger charge is 2.46. The summed E-state index contributed by atoms with van der Waals surface area (Å²) in [6, 6.07) is 12.2. The van der Waals surface area contributed by atoms with Crippen molar-refractivity contribution in [2.24, 2.45) is 23.9 Å². The number of hydrogen-bond donors (Lipinski definition) is 3. The second kappa shape index (κ2) is 8.67. The second-order valence-corrected chi connectivity index (χ2v) is 11.3. The van der Waals surface area contributed by atoms with Crippen LogP contribution in [0.25, 0.3) is 33.1 Å². The number of rotatable bonds is 3. The van der Waals surface area contributed by atoms with Crippen LogP contribution >= 0.6 is 23.2 Å². The van der Waals surface area contributed by atoms with Crippen molar-refractivity contribution in [2.75, 3.05) is 18.0 Å². The van der Waals surface area contributed by atoms with Crippen LogP contribution in [0.15, 0.2) is 42.6 Å². The van der Waals surface area contributed by atoms with Crippen LogP contribution in [-0.4, -0.2) is 43.7 Å². The highest BCUT2D eigenvalue weighted by Crippen LogP contribution is 2.51. The molecule has 39 heavy (non-hydrogen) atoms. The van der Waals surface area contributed by atoms with E-state index in [2.05, 4.69) is 44.2 Å². The summed E-state index contributed by atoms with van der Waals surface area (Å²) in [5.74, 6) is -0.164. The van der Waals surface area contributed by atoms with Crippen molar-refractivity contribution in [3.8, 4) is 11.1 Å². The van der Waals surface area contributed by atoms with Crippen LogP contribution in [-0.2, 0) is 13.5 Å². The minimum atomic E-state index is -0.636. The van der Waals surface area contributed by atoms with E-state index in [1.54, 1.807) is 17.9 Å². The maximum absolute atomic E-state index is 12.7. The third kappa shape index (κ3) is 3.57. The summed E-state index contributed by atoms with van der Waals surface area (Å²) in [6.45, 7) is 1.47. The van der Waals surface area contributed by atoms with Crippen molar-refractivity contribution in [1.82, 2.24) is 24.7 Å². The maximum atomic E-state index is 12.7. The third-order valence-corrected chi connectivity index (χ3v) is 9.37. The first-order chi connectivity index (χ1) is 18.8. The molecule has 3 aromatic heterocycles. The normalized spacial score (nSPS) is 18.4. The zero-order valence-electron chi connectivity index (χ0n) is 21.2. The summed E-state index contributed by atoms with van der Waals surface area (Å²) in [5, 5.41) is 6.41. The zero-order valence-corrected chi connectivity index (χ0v) is 22.7. The maximum Gasteiger partial charge on any atom is 0.268 e. The Kier molecular flexibility index (Phi) is 5.42. The fraction of sp³-hybridized carbons (Fsp3) is 0.286. The monoisotopic (exact) mass is 560 g/mol. The molecular weight excluding hydrogens is 535 g/mol. The first kappa shape index (κ1) is 24.4. The van der Waals surface area contributed by atoms with Gasteiger partial charge in [0.25, 0.3) is 5.91 Å². The standard InChI is InChI=1S/C28H26Cl2N8O/c1-37-24(30)20-18(36-37)7-6-16(21(20)29)17-13-33-26-19(17)22(25(32)39)34-27(35-26)38-10-8-28(9-11-38)12-14-4-2-3-5-15(14)23(28)31/h2-7,13,23H,8-12,31H2,1H3,(H2,32,39)(H,33,34,35)/t23-/m1/s1. The Balaban J connectivity index is 1.25. The van der Waals surface area contributed by atoms with Gasteiger partial charge in [-0.3, -0.25) is 9.48 Å². The number of hydrogen-bond acceptors (Lipinski definition) is 6. The van der Waals surface area contributed by atoms with Crippen LogP contribution in [0, 0.1) is 5.41 Å². The SMILES string of the molecule is Cn1nc2ccc(-c3c[nH]c4nc(N5CCC6(CC5)Cc5ccccc5[C@H]6N)nc(C(N)=O)c34)c(Cl)c2c1Cl. The molecule has 7 rings (SSSR count). The molecule has 4 heterocycles. The van der Waals surface area contributed by atoms with Crippen molar-refractivity contribution < 1.29 is 4.79 Å². The van der Waals surface area contributed by atoms with Crippen molar-refractivity contribution in [2.45, 2.75) is 25.3 Å². The van der Waals surface area contributed by atoms with Crippen LogP contribution in [0.4, 0.5) is 5.95 Å². The number of aromatic nitrogens is 5. The number of carbonyl (C=O) groups excluding carboxylic acids is 1. The number of H-pyrrole nitrogens is 1. The minimum Gasteiger partial charge on any atom is -0.364 e. The summed E-state index contributed by atoms with van der Waals surface area (Å²) < 4.78 is 1.57. The number of benzene rings is 2. The number of anilines is 1. The van der Waals surface area contributed by atoms with E-state index in [0.717, 1.165) is 32.4 Å². The predicted molar refractivity (Wildman–Crippen MR) is 153 cm³/mol. The molecule has 1 aliphatic carbocycles. The van der Waals surface area contributed by atoms with E-state index in [9.17, 15) is 4.79 Å². The lowest BCUT2D eigenvalue weighted by atomic mass is 9.73. The fourth-order valence-corrected chi connectivity index (χ4v) is 7.06. The van der Waals surface area contributed by atoms with Gasteiger partial charge in [-0.05, 0) is 41.9 Å². The lowest BCUT2D eigenvalue weighted by Gasteiger charge is -2.42. The Morgan fingerprint density at radius 3 is 2.59 bits per heavy atom. The topological polar surface area (TPSA) is 132 Å². The lowest BCUT2D eigenvalue weighted by Crippen LogP contribution is -2.45. The number of fused-ring (bicyclic) bond motifs is 3. The predicted octanol–water partition coefficient (Wildman–Crippen LogP) is 4.76. The van der Waals surface area contributed by atoms with Crippen molar-refractivity contribution >= 4 is 57.0 Å². The molecule has 0 unspecified atom stereocenters. The van der Waals surface area contributed by atoms with Gasteiger partial charge in [0.05, 0.1) is 21.3 Å². The molecule has 5 aromatic rings. The molecule has 5 N–H and O–H groups in total. The van der Waals surface area contributed by atoms with Crippen LogP contribution in [0.1, 0.15) is 40.5 Å². The summed E-state index contributed by atoms with van der Waals surface area (Å²) >= 11 is 13.3. The molecule has 0 radical (unpaired) electrons. The highest BCUT2D eigenvalue weighted by molar-refractivity contribution is 6.43. The Bertz CT molecular complexity index is 1800. The summed E-state index contributed by atoms with van der Waals surface area (Å²) in [5.41, 5.74) is 17.9. The van der Waals surface area contributed by atoms with E-state index in [0.29, 0.717) is 49.2 Å². The summed E-state index contributed by atoms with van der Waals surface area (Å²) in [6.07, 6.45) is 4.57. The molecule has 9 nitrogen and oxygen atoms in total. The number of nitrogens with one attached hydrogen (secondary N) is 1. The van der Waals surface area contributed by atoms with Gasteiger partial charge in [0.15, 0.2) is 0 Å². The van der Waals surface area contributed by atoms with Crippen molar-refractivity contribution in [3.05, 3.63) is 69.6 Å². The Morgan fingerprint density at radius 1 is 1.08 bits per heavy atom. The molecular formula is C28H26Cl2N8O. The number of aromatic amines is 1. The number of nitrogens with two attached hydrogens (primary N) is 2. The van der Waals surface area contributed by atoms with Crippen LogP contribution in [0.3, 0.4) is 0 Å². The average Bonchev–Trinajstić information content (AvgIpc) is 3.57. The molecule has 1 fully saturated rings. The molecule has 11 heteroatoms. The van der Waals surface area contributed by atoms with Gasteiger partial charge in [0, 0.05) is 43.5 Å². The number of amides is 1. The molecule has 0 bridgehead atoms. The molecule has 1 saturated heterocycles. The third-order valence-electron chi connectivity index (χ3n) is 8.55. The average molecular weight is 561 g/mol. The number of nitrogens with zero attached hydrogens (tertiary/aromatic N) is 5. The number of carbonyl (C=O) groups is 1. The molecule has 1 atom stereocenters. The molecule has 2 aliphatic rings. The van der Waals surface area contributed by atoms with Crippen LogP contribution < -0.4 is 16.4 Å². The van der Waals surface area contributed by atoms with Crippen LogP contribution in [0.2, 0.25) is 10.2 Å². The molecule has 0 saturated carbocycles. The van der Waals surface area contributed by atoms with E-state index < -0.39 is 5.91 Å². The molecule has 1 amide bonds. The minimum absolute atomic E-state index is 0.0156. The Labute approximate surface area is 234 Å². The highest BCUT2D eigenvalue weighted by atomic mass is 35.5. The van der Waals surface area contributed by atoms with Gasteiger partial charge in [-0.25, -0.2) is 4.98 Å². The lowest BCUT2D eigenvalue weighted by molar-refractivity contribution is 0.0997. The van der Waals surface area contributed by atoms with Gasteiger partial charge >= 0.3 is 0 Å². The first-order valence-corrected chi connectivity index (χ1v) is 13.6. The smallest absolute Gasteiger partial charge is 0.268 e. The molecule has 1 spiro atoms. The number of piperidine rings is 1. The Hall–Kier alpha value is -3.66. The molecule has 2 aromatic carbocycles. The van der Waals surface area contributed by atoms with Gasteiger partial charge in [-0.15, -0.1) is 0 Å². The summed E-state index contributed by atoms with van der Waals surface area (Å²) in [7, 11) is 1.76. The molecule has 198 valence electrons. The largest absolute Gasteiger partial charge is 0.364 e. The fourth-order valence-electron chi connectivity index (χ4n) is 6.43. The van der Waals surface area contributed by atoms with Crippen LogP contribution in [0.5, 0.6) is 0 Å². The second-order valence-electron chi connectivity index (χ2n) is 10.6. The van der Waals surface area contributed by atoms with Gasteiger partial charge in [0.1, 0.15) is 16.5 Å². The van der Waals surface area contributed by atoms with Gasteiger partial charge < -0.3 is 21.4 Å².